The maximum absolute atomic E-state index is 12.8. The zero-order valence-corrected chi connectivity index (χ0v) is 21.1. The van der Waals surface area contributed by atoms with E-state index in [1.807, 2.05) is 12.1 Å². The molecule has 0 bridgehead atoms. The van der Waals surface area contributed by atoms with Crippen LogP contribution in [0.3, 0.4) is 0 Å². The molecule has 8 nitrogen and oxygen atoms in total. The highest BCUT2D eigenvalue weighted by molar-refractivity contribution is 8.27. The van der Waals surface area contributed by atoms with Gasteiger partial charge < -0.3 is 9.47 Å². The van der Waals surface area contributed by atoms with Gasteiger partial charge in [-0.1, -0.05) is 35.3 Å². The molecule has 180 valence electrons. The van der Waals surface area contributed by atoms with Gasteiger partial charge in [0.05, 0.1) is 22.7 Å². The summed E-state index contributed by atoms with van der Waals surface area (Å²) in [6.07, 6.45) is 4.92. The molecule has 0 radical (unpaired) electrons. The minimum Gasteiger partial charge on any atom is -0.493 e. The van der Waals surface area contributed by atoms with E-state index >= 15 is 0 Å². The van der Waals surface area contributed by atoms with Gasteiger partial charge in [-0.2, -0.15) is 15.1 Å². The monoisotopic (exact) mass is 537 g/mol. The molecule has 11 heteroatoms. The van der Waals surface area contributed by atoms with Gasteiger partial charge in [0.15, 0.2) is 17.3 Å². The summed E-state index contributed by atoms with van der Waals surface area (Å²) in [4.78, 5) is 21.0. The van der Waals surface area contributed by atoms with Crippen molar-refractivity contribution in [1.82, 2.24) is 9.99 Å². The van der Waals surface area contributed by atoms with Gasteiger partial charge in [0.2, 0.25) is 5.17 Å². The van der Waals surface area contributed by atoms with Crippen LogP contribution in [-0.2, 0) is 11.4 Å². The van der Waals surface area contributed by atoms with Crippen molar-refractivity contribution in [3.05, 3.63) is 93.2 Å². The van der Waals surface area contributed by atoms with E-state index in [-0.39, 0.29) is 18.0 Å². The van der Waals surface area contributed by atoms with Crippen molar-refractivity contribution >= 4 is 63.0 Å². The van der Waals surface area contributed by atoms with Gasteiger partial charge in [-0.15, -0.1) is 0 Å². The van der Waals surface area contributed by atoms with E-state index in [1.54, 1.807) is 54.9 Å². The molecule has 1 N–H and O–H groups in total. The molecule has 36 heavy (non-hydrogen) atoms. The number of hydrogen-bond donors (Lipinski definition) is 1. The average molecular weight is 538 g/mol. The molecule has 3 heterocycles. The first kappa shape index (κ1) is 24.1. The third-order valence-electron chi connectivity index (χ3n) is 5.24. The van der Waals surface area contributed by atoms with E-state index in [9.17, 15) is 4.79 Å². The van der Waals surface area contributed by atoms with Crippen molar-refractivity contribution in [2.24, 2.45) is 10.1 Å². The highest BCUT2D eigenvalue weighted by Gasteiger charge is 2.36. The predicted octanol–water partition coefficient (Wildman–Crippen LogP) is 5.64. The first-order chi connectivity index (χ1) is 17.4. The summed E-state index contributed by atoms with van der Waals surface area (Å²) in [6, 6.07) is 14.2. The van der Waals surface area contributed by atoms with E-state index in [2.05, 4.69) is 15.1 Å². The van der Waals surface area contributed by atoms with Crippen LogP contribution in [0, 0.1) is 5.41 Å². The molecule has 0 aliphatic carbocycles. The second-order valence-corrected chi connectivity index (χ2v) is 9.38. The Balaban J connectivity index is 1.37. The second kappa shape index (κ2) is 10.1. The number of carbonyl (C=O) groups is 1. The Morgan fingerprint density at radius 3 is 2.72 bits per heavy atom. The van der Waals surface area contributed by atoms with Crippen molar-refractivity contribution < 1.29 is 14.3 Å². The number of methoxy groups -OCH3 is 1. The number of nitrogens with zero attached hydrogens (tertiary/aromatic N) is 4. The molecule has 2 aliphatic rings. The molecule has 2 aliphatic heterocycles. The van der Waals surface area contributed by atoms with Crippen LogP contribution in [0.2, 0.25) is 10.0 Å². The zero-order valence-electron chi connectivity index (χ0n) is 18.7. The first-order valence-corrected chi connectivity index (χ1v) is 12.2. The fourth-order valence-electron chi connectivity index (χ4n) is 3.45. The van der Waals surface area contributed by atoms with Gasteiger partial charge >= 0.3 is 0 Å². The Morgan fingerprint density at radius 1 is 1.11 bits per heavy atom. The van der Waals surface area contributed by atoms with Gasteiger partial charge in [-0.05, 0) is 65.4 Å². The van der Waals surface area contributed by atoms with Crippen LogP contribution in [0.5, 0.6) is 11.5 Å². The number of aromatic nitrogens is 1. The molecule has 0 fully saturated rings. The second-order valence-electron chi connectivity index (χ2n) is 7.61. The zero-order chi connectivity index (χ0) is 25.2. The number of hydrogen-bond acceptors (Lipinski definition) is 7. The lowest BCUT2D eigenvalue weighted by Gasteiger charge is -2.20. The Morgan fingerprint density at radius 2 is 1.97 bits per heavy atom. The van der Waals surface area contributed by atoms with Crippen molar-refractivity contribution in [2.45, 2.75) is 6.61 Å². The van der Waals surface area contributed by atoms with Crippen LogP contribution < -0.4 is 9.47 Å². The largest absolute Gasteiger partial charge is 0.493 e. The molecule has 1 aromatic heterocycles. The number of amidine groups is 2. The highest BCUT2D eigenvalue weighted by Crippen LogP contribution is 2.33. The minimum atomic E-state index is -0.514. The maximum atomic E-state index is 12.8. The van der Waals surface area contributed by atoms with Gasteiger partial charge in [-0.3, -0.25) is 15.2 Å². The van der Waals surface area contributed by atoms with Crippen LogP contribution in [0.4, 0.5) is 0 Å². The number of carbonyl (C=O) groups excluding carboxylic acids is 1. The summed E-state index contributed by atoms with van der Waals surface area (Å²) in [5, 5.41) is 16.3. The number of ether oxygens (including phenoxy) is 2. The van der Waals surface area contributed by atoms with E-state index in [1.165, 1.54) is 23.9 Å². The number of thioether (sulfide) groups is 1. The SMILES string of the molecule is COc1cc(/C=C2/C(=N)N3N=C(c4cccnc4)SC3=NC2=O)ccc1OCc1ccc(Cl)c(Cl)c1. The minimum absolute atomic E-state index is 0.0599. The number of aliphatic imine (C=N–C) groups is 1. The van der Waals surface area contributed by atoms with Gasteiger partial charge in [-0.25, -0.2) is 0 Å². The quantitative estimate of drug-likeness (QED) is 0.408. The molecule has 0 atom stereocenters. The number of nitrogens with one attached hydrogen (secondary N) is 1. The Hall–Kier alpha value is -3.66. The van der Waals surface area contributed by atoms with Gasteiger partial charge in [0, 0.05) is 18.0 Å². The third-order valence-corrected chi connectivity index (χ3v) is 6.94. The molecule has 1 amide bonds. The molecule has 5 rings (SSSR count). The summed E-state index contributed by atoms with van der Waals surface area (Å²) in [5.74, 6) is 0.408. The fraction of sp³-hybridized carbons (Fsp3) is 0.0800. The Labute approximate surface area is 220 Å². The lowest BCUT2D eigenvalue weighted by molar-refractivity contribution is -0.114. The van der Waals surface area contributed by atoms with Crippen molar-refractivity contribution in [3.8, 4) is 11.5 Å². The molecule has 0 saturated heterocycles. The van der Waals surface area contributed by atoms with E-state index in [0.717, 1.165) is 11.1 Å². The molecule has 0 unspecified atom stereocenters. The van der Waals surface area contributed by atoms with E-state index < -0.39 is 5.91 Å². The lowest BCUT2D eigenvalue weighted by atomic mass is 10.1. The smallest absolute Gasteiger partial charge is 0.283 e. The van der Waals surface area contributed by atoms with Gasteiger partial charge in [0.25, 0.3) is 5.91 Å². The number of halogens is 2. The van der Waals surface area contributed by atoms with E-state index in [0.29, 0.717) is 37.3 Å². The Kier molecular flexibility index (Phi) is 6.77. The highest BCUT2D eigenvalue weighted by atomic mass is 35.5. The number of amides is 1. The van der Waals surface area contributed by atoms with Crippen LogP contribution in [0.25, 0.3) is 6.08 Å². The molecule has 0 saturated carbocycles. The van der Waals surface area contributed by atoms with Crippen LogP contribution in [0.1, 0.15) is 16.7 Å². The maximum Gasteiger partial charge on any atom is 0.283 e. The van der Waals surface area contributed by atoms with Gasteiger partial charge in [0.1, 0.15) is 11.7 Å². The van der Waals surface area contributed by atoms with Crippen LogP contribution >= 0.6 is 35.0 Å². The normalized spacial score (nSPS) is 16.1. The van der Waals surface area contributed by atoms with Crippen molar-refractivity contribution in [3.63, 3.8) is 0 Å². The average Bonchev–Trinajstić information content (AvgIpc) is 3.32. The topological polar surface area (TPSA) is 100 Å². The summed E-state index contributed by atoms with van der Waals surface area (Å²) in [7, 11) is 1.53. The molecular weight excluding hydrogens is 521 g/mol. The van der Waals surface area contributed by atoms with E-state index in [4.69, 9.17) is 38.1 Å². The molecule has 0 spiro atoms. The predicted molar refractivity (Wildman–Crippen MR) is 142 cm³/mol. The molecule has 2 aromatic carbocycles. The Bertz CT molecular complexity index is 1470. The molecular formula is C25H17Cl2N5O3S. The van der Waals surface area contributed by atoms with Crippen LogP contribution in [0.15, 0.2) is 76.6 Å². The summed E-state index contributed by atoms with van der Waals surface area (Å²) in [5.41, 5.74) is 2.39. The first-order valence-electron chi connectivity index (χ1n) is 10.6. The number of hydrazone groups is 1. The number of fused-ring (bicyclic) bond motifs is 1. The lowest BCUT2D eigenvalue weighted by Crippen LogP contribution is -2.35. The number of pyridine rings is 1. The summed E-state index contributed by atoms with van der Waals surface area (Å²) >= 11 is 13.3. The third kappa shape index (κ3) is 4.86. The summed E-state index contributed by atoms with van der Waals surface area (Å²) < 4.78 is 11.4. The van der Waals surface area contributed by atoms with Crippen LogP contribution in [-0.4, -0.2) is 39.1 Å². The van der Waals surface area contributed by atoms with Crippen molar-refractivity contribution in [2.75, 3.05) is 7.11 Å². The number of benzene rings is 2. The van der Waals surface area contributed by atoms with Crippen molar-refractivity contribution in [1.29, 1.82) is 5.41 Å². The fourth-order valence-corrected chi connectivity index (χ4v) is 4.65. The summed E-state index contributed by atoms with van der Waals surface area (Å²) in [6.45, 7) is 0.262. The standard InChI is InChI=1S/C25H17Cl2N5O3S/c1-34-21-11-14(5-7-20(21)35-13-15-4-6-18(26)19(27)10-15)9-17-22(28)32-25(30-23(17)33)36-24(31-32)16-3-2-8-29-12-16/h2-12,28H,13H2,1H3/b17-9-,28-22?. The molecule has 3 aromatic rings. The number of rotatable bonds is 6.